The summed E-state index contributed by atoms with van der Waals surface area (Å²) in [7, 11) is -3.14. The Bertz CT molecular complexity index is 893. The van der Waals surface area contributed by atoms with Gasteiger partial charge in [0.25, 0.3) is 0 Å². The van der Waals surface area contributed by atoms with Gasteiger partial charge in [0.05, 0.1) is 18.5 Å². The van der Waals surface area contributed by atoms with Gasteiger partial charge in [0.1, 0.15) is 10.1 Å². The zero-order chi connectivity index (χ0) is 19.4. The third-order valence-corrected chi connectivity index (χ3v) is 7.01. The second kappa shape index (κ2) is 8.63. The molecule has 0 radical (unpaired) electrons. The predicted octanol–water partition coefficient (Wildman–Crippen LogP) is 1.56. The van der Waals surface area contributed by atoms with Gasteiger partial charge in [-0.2, -0.15) is 4.31 Å². The van der Waals surface area contributed by atoms with Crippen LogP contribution in [0, 0.1) is 5.82 Å². The highest BCUT2D eigenvalue weighted by Crippen LogP contribution is 2.17. The fourth-order valence-electron chi connectivity index (χ4n) is 2.69. The molecule has 146 valence electrons. The van der Waals surface area contributed by atoms with Crippen LogP contribution in [0.1, 0.15) is 11.3 Å². The maximum Gasteiger partial charge on any atom is 0.211 e. The van der Waals surface area contributed by atoms with Crippen molar-refractivity contribution in [3.8, 4) is 0 Å². The molecule has 1 aromatic carbocycles. The number of halogens is 1. The summed E-state index contributed by atoms with van der Waals surface area (Å²) < 4.78 is 40.0. The minimum Gasteiger partial charge on any atom is -0.355 e. The minimum absolute atomic E-state index is 0.264. The number of sulfonamides is 1. The summed E-state index contributed by atoms with van der Waals surface area (Å²) in [4.78, 5) is 2.02. The molecule has 27 heavy (non-hydrogen) atoms. The first-order chi connectivity index (χ1) is 12.8. The molecule has 11 heteroatoms. The van der Waals surface area contributed by atoms with Crippen molar-refractivity contribution in [2.45, 2.75) is 12.3 Å². The molecule has 1 fully saturated rings. The Hall–Kier alpha value is -1.56. The van der Waals surface area contributed by atoms with Gasteiger partial charge in [-0.1, -0.05) is 41.3 Å². The van der Waals surface area contributed by atoms with Gasteiger partial charge in [-0.15, -0.1) is 5.10 Å². The molecule has 0 bridgehead atoms. The SMILES string of the molecule is CS(=O)(=O)N1CCN(C(=S)SCc2cn(Cc3ccc(F)cc3)nn2)CC1. The van der Waals surface area contributed by atoms with Gasteiger partial charge in [-0.3, -0.25) is 0 Å². The summed E-state index contributed by atoms with van der Waals surface area (Å²) in [5.41, 5.74) is 1.75. The van der Waals surface area contributed by atoms with Crippen LogP contribution in [0.3, 0.4) is 0 Å². The molecule has 1 aromatic heterocycles. The number of nitrogens with zero attached hydrogens (tertiary/aromatic N) is 5. The summed E-state index contributed by atoms with van der Waals surface area (Å²) in [6.45, 7) is 2.61. The molecule has 2 heterocycles. The second-order valence-electron chi connectivity index (χ2n) is 6.24. The summed E-state index contributed by atoms with van der Waals surface area (Å²) in [5, 5.41) is 8.23. The highest BCUT2D eigenvalue weighted by molar-refractivity contribution is 8.22. The molecule has 0 unspecified atom stereocenters. The first-order valence-corrected chi connectivity index (χ1v) is 11.6. The van der Waals surface area contributed by atoms with E-state index in [2.05, 4.69) is 10.3 Å². The number of hydrogen-bond donors (Lipinski definition) is 0. The van der Waals surface area contributed by atoms with Crippen LogP contribution >= 0.6 is 24.0 Å². The lowest BCUT2D eigenvalue weighted by atomic mass is 10.2. The van der Waals surface area contributed by atoms with Crippen LogP contribution < -0.4 is 0 Å². The molecular formula is C16H20FN5O2S3. The highest BCUT2D eigenvalue weighted by Gasteiger charge is 2.24. The molecule has 0 amide bonds. The van der Waals surface area contributed by atoms with Crippen molar-refractivity contribution in [3.05, 3.63) is 47.5 Å². The van der Waals surface area contributed by atoms with Crippen molar-refractivity contribution in [3.63, 3.8) is 0 Å². The molecule has 0 spiro atoms. The number of thiocarbonyl (C=S) groups is 1. The molecule has 7 nitrogen and oxygen atoms in total. The van der Waals surface area contributed by atoms with Crippen molar-refractivity contribution in [2.24, 2.45) is 0 Å². The van der Waals surface area contributed by atoms with Gasteiger partial charge >= 0.3 is 0 Å². The average Bonchev–Trinajstić information content (AvgIpc) is 3.08. The first-order valence-electron chi connectivity index (χ1n) is 8.31. The number of piperazine rings is 1. The fraction of sp³-hybridized carbons (Fsp3) is 0.438. The number of rotatable bonds is 5. The molecule has 1 aliphatic heterocycles. The normalized spacial score (nSPS) is 15.9. The van der Waals surface area contributed by atoms with E-state index >= 15 is 0 Å². The molecule has 1 saturated heterocycles. The molecule has 1 aliphatic rings. The van der Waals surface area contributed by atoms with Crippen LogP contribution in [-0.4, -0.2) is 69.4 Å². The number of hydrogen-bond acceptors (Lipinski definition) is 6. The van der Waals surface area contributed by atoms with Gasteiger partial charge in [0.2, 0.25) is 10.0 Å². The first kappa shape index (κ1) is 20.2. The van der Waals surface area contributed by atoms with Crippen LogP contribution in [0.5, 0.6) is 0 Å². The Balaban J connectivity index is 1.47. The van der Waals surface area contributed by atoms with Gasteiger partial charge in [0.15, 0.2) is 0 Å². The van der Waals surface area contributed by atoms with Crippen LogP contribution in [0.15, 0.2) is 30.5 Å². The Kier molecular flexibility index (Phi) is 6.45. The van der Waals surface area contributed by atoms with E-state index in [1.807, 2.05) is 11.1 Å². The van der Waals surface area contributed by atoms with Crippen molar-refractivity contribution in [1.82, 2.24) is 24.2 Å². The summed E-state index contributed by atoms with van der Waals surface area (Å²) >= 11 is 6.95. The molecule has 0 saturated carbocycles. The maximum atomic E-state index is 13.0. The van der Waals surface area contributed by atoms with E-state index in [0.29, 0.717) is 38.5 Å². The molecule has 0 N–H and O–H groups in total. The quantitative estimate of drug-likeness (QED) is 0.668. The monoisotopic (exact) mass is 429 g/mol. The fourth-order valence-corrected chi connectivity index (χ4v) is 4.64. The smallest absolute Gasteiger partial charge is 0.211 e. The maximum absolute atomic E-state index is 13.0. The van der Waals surface area contributed by atoms with E-state index in [9.17, 15) is 12.8 Å². The van der Waals surface area contributed by atoms with Crippen LogP contribution in [0.25, 0.3) is 0 Å². The van der Waals surface area contributed by atoms with Gasteiger partial charge in [-0.25, -0.2) is 17.5 Å². The standard InChI is InChI=1S/C16H20FN5O2S3/c1-27(23,24)22-8-6-20(7-9-22)16(25)26-12-15-11-21(19-18-15)10-13-2-4-14(17)5-3-13/h2-5,11H,6-10,12H2,1H3. The topological polar surface area (TPSA) is 71.3 Å². The third kappa shape index (κ3) is 5.71. The van der Waals surface area contributed by atoms with E-state index in [1.165, 1.54) is 34.5 Å². The molecule has 3 rings (SSSR count). The van der Waals surface area contributed by atoms with E-state index in [0.717, 1.165) is 15.6 Å². The zero-order valence-electron chi connectivity index (χ0n) is 14.8. The number of aromatic nitrogens is 3. The molecular weight excluding hydrogens is 409 g/mol. The van der Waals surface area contributed by atoms with Crippen molar-refractivity contribution in [2.75, 3.05) is 32.4 Å². The second-order valence-corrected chi connectivity index (χ2v) is 9.83. The number of benzene rings is 1. The van der Waals surface area contributed by atoms with E-state index in [1.54, 1.807) is 16.8 Å². The van der Waals surface area contributed by atoms with Gasteiger partial charge in [-0.05, 0) is 17.7 Å². The van der Waals surface area contributed by atoms with E-state index in [-0.39, 0.29) is 5.82 Å². The number of thioether (sulfide) groups is 1. The average molecular weight is 430 g/mol. The predicted molar refractivity (Wildman–Crippen MR) is 107 cm³/mol. The minimum atomic E-state index is -3.14. The zero-order valence-corrected chi connectivity index (χ0v) is 17.2. The van der Waals surface area contributed by atoms with Crippen LogP contribution in [-0.2, 0) is 22.3 Å². The summed E-state index contributed by atoms with van der Waals surface area (Å²) in [6, 6.07) is 6.28. The van der Waals surface area contributed by atoms with Crippen LogP contribution in [0.2, 0.25) is 0 Å². The Labute approximate surface area is 167 Å². The molecule has 0 atom stereocenters. The largest absolute Gasteiger partial charge is 0.355 e. The third-order valence-electron chi connectivity index (χ3n) is 4.15. The lowest BCUT2D eigenvalue weighted by Gasteiger charge is -2.34. The van der Waals surface area contributed by atoms with Crippen molar-refractivity contribution in [1.29, 1.82) is 0 Å². The molecule has 0 aliphatic carbocycles. The van der Waals surface area contributed by atoms with Crippen molar-refractivity contribution >= 4 is 38.3 Å². The van der Waals surface area contributed by atoms with Gasteiger partial charge in [0, 0.05) is 38.1 Å². The van der Waals surface area contributed by atoms with Crippen molar-refractivity contribution < 1.29 is 12.8 Å². The van der Waals surface area contributed by atoms with E-state index < -0.39 is 10.0 Å². The Morgan fingerprint density at radius 2 is 1.89 bits per heavy atom. The Morgan fingerprint density at radius 1 is 1.22 bits per heavy atom. The van der Waals surface area contributed by atoms with E-state index in [4.69, 9.17) is 12.2 Å². The lowest BCUT2D eigenvalue weighted by molar-refractivity contribution is 0.273. The van der Waals surface area contributed by atoms with Crippen LogP contribution in [0.4, 0.5) is 4.39 Å². The summed E-state index contributed by atoms with van der Waals surface area (Å²) in [6.07, 6.45) is 3.07. The lowest BCUT2D eigenvalue weighted by Crippen LogP contribution is -2.49. The Morgan fingerprint density at radius 3 is 2.52 bits per heavy atom. The van der Waals surface area contributed by atoms with Gasteiger partial charge < -0.3 is 4.90 Å². The molecule has 2 aromatic rings. The summed E-state index contributed by atoms with van der Waals surface area (Å²) in [5.74, 6) is 0.328. The highest BCUT2D eigenvalue weighted by atomic mass is 32.2.